The first kappa shape index (κ1) is 10.9. The van der Waals surface area contributed by atoms with E-state index in [4.69, 9.17) is 11.6 Å². The molecule has 0 atom stereocenters. The maximum Gasteiger partial charge on any atom is 0.144 e. The highest BCUT2D eigenvalue weighted by molar-refractivity contribution is 6.32. The Kier molecular flexibility index (Phi) is 3.36. The topological polar surface area (TPSA) is 55.6 Å². The van der Waals surface area contributed by atoms with Crippen molar-refractivity contribution < 1.29 is 0 Å². The van der Waals surface area contributed by atoms with Crippen LogP contribution in [0, 0.1) is 0 Å². The first-order valence-corrected chi connectivity index (χ1v) is 5.32. The van der Waals surface area contributed by atoms with E-state index in [0.29, 0.717) is 10.8 Å². The third kappa shape index (κ3) is 2.49. The summed E-state index contributed by atoms with van der Waals surface area (Å²) in [6.45, 7) is 0.725. The molecular weight excluding hydrogens is 226 g/mol. The Hall–Kier alpha value is -1.62. The van der Waals surface area contributed by atoms with Crippen LogP contribution in [0.2, 0.25) is 5.02 Å². The van der Waals surface area contributed by atoms with Crippen molar-refractivity contribution in [2.24, 2.45) is 7.05 Å². The van der Waals surface area contributed by atoms with Gasteiger partial charge < -0.3 is 9.88 Å². The summed E-state index contributed by atoms with van der Waals surface area (Å²) in [5.41, 5.74) is 0. The van der Waals surface area contributed by atoms with Crippen molar-refractivity contribution in [3.8, 4) is 0 Å². The van der Waals surface area contributed by atoms with Crippen molar-refractivity contribution in [2.75, 3.05) is 11.9 Å². The van der Waals surface area contributed by atoms with Crippen molar-refractivity contribution in [2.45, 2.75) is 6.42 Å². The molecule has 16 heavy (non-hydrogen) atoms. The zero-order valence-corrected chi connectivity index (χ0v) is 9.65. The van der Waals surface area contributed by atoms with Gasteiger partial charge in [0.1, 0.15) is 18.0 Å². The molecule has 84 valence electrons. The van der Waals surface area contributed by atoms with Crippen LogP contribution in [0.15, 0.2) is 24.7 Å². The van der Waals surface area contributed by atoms with Crippen LogP contribution < -0.4 is 5.32 Å². The number of halogens is 1. The van der Waals surface area contributed by atoms with Crippen LogP contribution in [0.1, 0.15) is 5.82 Å². The zero-order valence-electron chi connectivity index (χ0n) is 8.89. The van der Waals surface area contributed by atoms with Gasteiger partial charge in [-0.15, -0.1) is 10.2 Å². The lowest BCUT2D eigenvalue weighted by atomic mass is 10.4. The number of nitrogens with zero attached hydrogens (tertiary/aromatic N) is 4. The molecular formula is C10H12ClN5. The summed E-state index contributed by atoms with van der Waals surface area (Å²) in [6.07, 6.45) is 4.17. The van der Waals surface area contributed by atoms with E-state index < -0.39 is 0 Å². The second kappa shape index (κ2) is 4.94. The molecule has 0 radical (unpaired) electrons. The molecule has 0 saturated carbocycles. The van der Waals surface area contributed by atoms with Crippen LogP contribution in [0.3, 0.4) is 0 Å². The minimum atomic E-state index is 0.625. The molecule has 2 aromatic heterocycles. The minimum Gasteiger partial charge on any atom is -0.368 e. The third-order valence-electron chi connectivity index (χ3n) is 2.20. The summed E-state index contributed by atoms with van der Waals surface area (Å²) in [5, 5.41) is 11.6. The summed E-state index contributed by atoms with van der Waals surface area (Å²) < 4.78 is 1.89. The van der Waals surface area contributed by atoms with Crippen molar-refractivity contribution >= 4 is 17.4 Å². The van der Waals surface area contributed by atoms with Crippen LogP contribution in [-0.2, 0) is 13.5 Å². The highest BCUT2D eigenvalue weighted by atomic mass is 35.5. The summed E-state index contributed by atoms with van der Waals surface area (Å²) in [5.74, 6) is 1.63. The van der Waals surface area contributed by atoms with E-state index in [2.05, 4.69) is 20.5 Å². The lowest BCUT2D eigenvalue weighted by Gasteiger charge is -2.06. The monoisotopic (exact) mass is 237 g/mol. The van der Waals surface area contributed by atoms with Crippen molar-refractivity contribution in [1.29, 1.82) is 0 Å². The maximum atomic E-state index is 5.96. The van der Waals surface area contributed by atoms with Crippen molar-refractivity contribution in [3.05, 3.63) is 35.5 Å². The molecule has 6 heteroatoms. The van der Waals surface area contributed by atoms with E-state index in [1.54, 1.807) is 24.7 Å². The number of aromatic nitrogens is 4. The number of anilines is 1. The SMILES string of the molecule is Cn1cnnc1CCNc1ncccc1Cl. The van der Waals surface area contributed by atoms with Crippen LogP contribution in [0.4, 0.5) is 5.82 Å². The fraction of sp³-hybridized carbons (Fsp3) is 0.300. The number of pyridine rings is 1. The molecule has 2 heterocycles. The predicted octanol–water partition coefficient (Wildman–Crippen LogP) is 1.52. The standard InChI is InChI=1S/C10H12ClN5/c1-16-7-14-15-9(16)4-6-13-10-8(11)3-2-5-12-10/h2-3,5,7H,4,6H2,1H3,(H,12,13). The van der Waals surface area contributed by atoms with Crippen molar-refractivity contribution in [3.63, 3.8) is 0 Å². The normalized spacial score (nSPS) is 10.4. The Bertz CT molecular complexity index is 468. The summed E-state index contributed by atoms with van der Waals surface area (Å²) >= 11 is 5.96. The molecule has 0 amide bonds. The van der Waals surface area contributed by atoms with E-state index in [-0.39, 0.29) is 0 Å². The zero-order chi connectivity index (χ0) is 11.4. The number of hydrogen-bond donors (Lipinski definition) is 1. The van der Waals surface area contributed by atoms with Crippen molar-refractivity contribution in [1.82, 2.24) is 19.7 Å². The first-order chi connectivity index (χ1) is 7.77. The molecule has 0 saturated heterocycles. The predicted molar refractivity (Wildman–Crippen MR) is 62.4 cm³/mol. The van der Waals surface area contributed by atoms with Gasteiger partial charge in [0.15, 0.2) is 0 Å². The molecule has 1 N–H and O–H groups in total. The van der Waals surface area contributed by atoms with E-state index in [0.717, 1.165) is 18.8 Å². The van der Waals surface area contributed by atoms with E-state index in [9.17, 15) is 0 Å². The lowest BCUT2D eigenvalue weighted by Crippen LogP contribution is -2.09. The van der Waals surface area contributed by atoms with Crippen LogP contribution >= 0.6 is 11.6 Å². The molecule has 0 aliphatic carbocycles. The van der Waals surface area contributed by atoms with Gasteiger partial charge in [-0.25, -0.2) is 4.98 Å². The largest absolute Gasteiger partial charge is 0.368 e. The number of nitrogens with one attached hydrogen (secondary N) is 1. The fourth-order valence-corrected chi connectivity index (χ4v) is 1.53. The molecule has 0 aromatic carbocycles. The second-order valence-corrected chi connectivity index (χ2v) is 3.78. The Morgan fingerprint density at radius 1 is 1.50 bits per heavy atom. The average molecular weight is 238 g/mol. The van der Waals surface area contributed by atoms with Gasteiger partial charge in [-0.3, -0.25) is 0 Å². The van der Waals surface area contributed by atoms with Gasteiger partial charge in [0.05, 0.1) is 5.02 Å². The van der Waals surface area contributed by atoms with E-state index >= 15 is 0 Å². The highest BCUT2D eigenvalue weighted by Gasteiger charge is 2.02. The lowest BCUT2D eigenvalue weighted by molar-refractivity contribution is 0.787. The smallest absolute Gasteiger partial charge is 0.144 e. The quantitative estimate of drug-likeness (QED) is 0.876. The Morgan fingerprint density at radius 3 is 3.06 bits per heavy atom. The minimum absolute atomic E-state index is 0.625. The van der Waals surface area contributed by atoms with Gasteiger partial charge in [-0.05, 0) is 12.1 Å². The van der Waals surface area contributed by atoms with Gasteiger partial charge in [0.25, 0.3) is 0 Å². The van der Waals surface area contributed by atoms with E-state index in [1.807, 2.05) is 11.6 Å². The molecule has 5 nitrogen and oxygen atoms in total. The van der Waals surface area contributed by atoms with Crippen LogP contribution in [-0.4, -0.2) is 26.3 Å². The third-order valence-corrected chi connectivity index (χ3v) is 2.51. The Morgan fingerprint density at radius 2 is 2.38 bits per heavy atom. The van der Waals surface area contributed by atoms with Gasteiger partial charge in [0.2, 0.25) is 0 Å². The molecule has 2 rings (SSSR count). The summed E-state index contributed by atoms with van der Waals surface area (Å²) in [7, 11) is 1.92. The Labute approximate surface area is 98.5 Å². The summed E-state index contributed by atoms with van der Waals surface area (Å²) in [4.78, 5) is 4.13. The number of rotatable bonds is 4. The number of hydrogen-bond acceptors (Lipinski definition) is 4. The molecule has 0 fully saturated rings. The number of aryl methyl sites for hydroxylation is 1. The second-order valence-electron chi connectivity index (χ2n) is 3.37. The van der Waals surface area contributed by atoms with E-state index in [1.165, 1.54) is 0 Å². The fourth-order valence-electron chi connectivity index (χ4n) is 1.34. The van der Waals surface area contributed by atoms with Gasteiger partial charge in [-0.1, -0.05) is 11.6 Å². The van der Waals surface area contributed by atoms with Gasteiger partial charge >= 0.3 is 0 Å². The van der Waals surface area contributed by atoms with Gasteiger partial charge in [0, 0.05) is 26.2 Å². The average Bonchev–Trinajstić information content (AvgIpc) is 2.67. The van der Waals surface area contributed by atoms with Gasteiger partial charge in [-0.2, -0.15) is 0 Å². The molecule has 0 aliphatic rings. The molecule has 0 spiro atoms. The Balaban J connectivity index is 1.89. The molecule has 0 bridgehead atoms. The maximum absolute atomic E-state index is 5.96. The van der Waals surface area contributed by atoms with Crippen LogP contribution in [0.5, 0.6) is 0 Å². The first-order valence-electron chi connectivity index (χ1n) is 4.94. The highest BCUT2D eigenvalue weighted by Crippen LogP contribution is 2.16. The molecule has 0 unspecified atom stereocenters. The summed E-state index contributed by atoms with van der Waals surface area (Å²) in [6, 6.07) is 3.61. The molecule has 0 aliphatic heterocycles. The molecule has 2 aromatic rings. The van der Waals surface area contributed by atoms with Crippen LogP contribution in [0.25, 0.3) is 0 Å².